The Labute approximate surface area is 216 Å². The molecule has 0 spiro atoms. The van der Waals surface area contributed by atoms with Crippen LogP contribution in [-0.4, -0.2) is 60.2 Å². The van der Waals surface area contributed by atoms with Crippen LogP contribution < -0.4 is 10.2 Å². The number of aromatic nitrogens is 1. The zero-order valence-corrected chi connectivity index (χ0v) is 20.7. The predicted octanol–water partition coefficient (Wildman–Crippen LogP) is 5.20. The number of rotatable bonds is 9. The average molecular weight is 539 g/mol. The second-order valence-electron chi connectivity index (χ2n) is 8.31. The van der Waals surface area contributed by atoms with Gasteiger partial charge in [0.25, 0.3) is 5.91 Å². The second-order valence-corrected chi connectivity index (χ2v) is 8.31. The molecule has 0 fully saturated rings. The van der Waals surface area contributed by atoms with Crippen molar-refractivity contribution in [2.75, 3.05) is 37.4 Å². The summed E-state index contributed by atoms with van der Waals surface area (Å²) >= 11 is 0. The Bertz CT molecular complexity index is 1210. The van der Waals surface area contributed by atoms with Gasteiger partial charge in [-0.05, 0) is 68.0 Å². The molecule has 7 nitrogen and oxygen atoms in total. The number of aliphatic carboxylic acids is 1. The Balaban J connectivity index is 0.000000638. The van der Waals surface area contributed by atoms with E-state index in [0.29, 0.717) is 17.8 Å². The van der Waals surface area contributed by atoms with Crippen molar-refractivity contribution in [3.8, 4) is 0 Å². The van der Waals surface area contributed by atoms with Crippen molar-refractivity contribution in [3.63, 3.8) is 0 Å². The van der Waals surface area contributed by atoms with Crippen LogP contribution in [0, 0.1) is 11.6 Å². The Morgan fingerprint density at radius 1 is 0.947 bits per heavy atom. The first-order valence-electron chi connectivity index (χ1n) is 11.3. The number of pyridine rings is 1. The van der Waals surface area contributed by atoms with Crippen LogP contribution >= 0.6 is 0 Å². The molecule has 204 valence electrons. The quantitative estimate of drug-likeness (QED) is 0.364. The van der Waals surface area contributed by atoms with E-state index in [1.165, 1.54) is 30.3 Å². The molecule has 1 heterocycles. The van der Waals surface area contributed by atoms with Crippen molar-refractivity contribution < 1.29 is 36.6 Å². The molecule has 3 aromatic rings. The number of carboxylic acid groups (broad SMARTS) is 1. The molecule has 0 bridgehead atoms. The lowest BCUT2D eigenvalue weighted by Gasteiger charge is -2.21. The van der Waals surface area contributed by atoms with Gasteiger partial charge < -0.3 is 20.2 Å². The highest BCUT2D eigenvalue weighted by molar-refractivity contribution is 6.04. The van der Waals surface area contributed by atoms with Gasteiger partial charge in [-0.2, -0.15) is 13.2 Å². The van der Waals surface area contributed by atoms with Gasteiger partial charge in [-0.15, -0.1) is 0 Å². The van der Waals surface area contributed by atoms with E-state index in [2.05, 4.69) is 15.2 Å². The Morgan fingerprint density at radius 2 is 1.61 bits per heavy atom. The third-order valence-corrected chi connectivity index (χ3v) is 5.12. The maximum Gasteiger partial charge on any atom is 0.490 e. The van der Waals surface area contributed by atoms with E-state index in [0.717, 1.165) is 30.9 Å². The van der Waals surface area contributed by atoms with Crippen LogP contribution in [-0.2, 0) is 11.3 Å². The number of benzene rings is 2. The molecule has 2 aromatic carbocycles. The van der Waals surface area contributed by atoms with Gasteiger partial charge >= 0.3 is 12.1 Å². The minimum absolute atomic E-state index is 0.219. The molecule has 1 aromatic heterocycles. The number of nitrogens with zero attached hydrogens (tertiary/aromatic N) is 3. The number of carbonyl (C=O) groups is 2. The van der Waals surface area contributed by atoms with E-state index in [9.17, 15) is 26.7 Å². The molecule has 1 amide bonds. The van der Waals surface area contributed by atoms with E-state index < -0.39 is 12.1 Å². The Morgan fingerprint density at radius 3 is 2.21 bits per heavy atom. The molecular weight excluding hydrogens is 511 g/mol. The van der Waals surface area contributed by atoms with Crippen molar-refractivity contribution >= 4 is 23.4 Å². The number of nitrogens with one attached hydrogen (secondary N) is 1. The summed E-state index contributed by atoms with van der Waals surface area (Å²) < 4.78 is 58.1. The first-order valence-corrected chi connectivity index (χ1v) is 11.3. The van der Waals surface area contributed by atoms with Crippen LogP contribution in [0.15, 0.2) is 66.9 Å². The standard InChI is InChI=1S/C24H26F2N4O.C2HF3O2/c1-29(17-18-5-3-6-21(26)15-18)13-4-14-30(2)23-16-22(11-12-27-23)28-24(31)19-7-9-20(25)10-8-19;3-2(4,5)1(6)7/h3,5-12,15-16H,4,13-14,17H2,1-2H3,(H,27,28,31);(H,6,7). The lowest BCUT2D eigenvalue weighted by atomic mass is 10.2. The van der Waals surface area contributed by atoms with Gasteiger partial charge in [-0.25, -0.2) is 18.6 Å². The van der Waals surface area contributed by atoms with Crippen molar-refractivity contribution in [2.24, 2.45) is 0 Å². The summed E-state index contributed by atoms with van der Waals surface area (Å²) in [5.74, 6) is -2.93. The highest BCUT2D eigenvalue weighted by atomic mass is 19.4. The monoisotopic (exact) mass is 538 g/mol. The number of hydrogen-bond acceptors (Lipinski definition) is 5. The second kappa shape index (κ2) is 14.0. The molecule has 0 saturated carbocycles. The first kappa shape index (κ1) is 30.2. The molecule has 0 aliphatic rings. The molecule has 0 aliphatic carbocycles. The number of anilines is 2. The third kappa shape index (κ3) is 10.5. The number of carbonyl (C=O) groups excluding carboxylic acids is 1. The molecular formula is C26H27F5N4O3. The van der Waals surface area contributed by atoms with E-state index in [1.807, 2.05) is 25.1 Å². The number of hydrogen-bond donors (Lipinski definition) is 2. The number of alkyl halides is 3. The van der Waals surface area contributed by atoms with E-state index in [4.69, 9.17) is 9.90 Å². The summed E-state index contributed by atoms with van der Waals surface area (Å²) in [6.07, 6.45) is -2.54. The number of halogens is 5. The fourth-order valence-electron chi connectivity index (χ4n) is 3.23. The summed E-state index contributed by atoms with van der Waals surface area (Å²) in [5, 5.41) is 9.94. The molecule has 0 saturated heterocycles. The van der Waals surface area contributed by atoms with Crippen LogP contribution in [0.4, 0.5) is 33.5 Å². The third-order valence-electron chi connectivity index (χ3n) is 5.12. The first-order chi connectivity index (χ1) is 17.8. The summed E-state index contributed by atoms with van der Waals surface area (Å²) in [5.41, 5.74) is 1.95. The van der Waals surface area contributed by atoms with Gasteiger partial charge in [-0.1, -0.05) is 12.1 Å². The fraction of sp³-hybridized carbons (Fsp3) is 0.269. The zero-order chi connectivity index (χ0) is 28.3. The minimum Gasteiger partial charge on any atom is -0.475 e. The number of carboxylic acids is 1. The van der Waals surface area contributed by atoms with Crippen LogP contribution in [0.1, 0.15) is 22.3 Å². The van der Waals surface area contributed by atoms with Crippen LogP contribution in [0.25, 0.3) is 0 Å². The SMILES string of the molecule is CN(CCCN(C)c1cc(NC(=O)c2ccc(F)cc2)ccn1)Cc1cccc(F)c1.O=C(O)C(F)(F)F. The van der Waals surface area contributed by atoms with Crippen molar-refractivity contribution in [3.05, 3.63) is 89.6 Å². The maximum atomic E-state index is 13.3. The summed E-state index contributed by atoms with van der Waals surface area (Å²) in [4.78, 5) is 29.8. The zero-order valence-electron chi connectivity index (χ0n) is 20.7. The number of amides is 1. The summed E-state index contributed by atoms with van der Waals surface area (Å²) in [6.45, 7) is 2.31. The van der Waals surface area contributed by atoms with Crippen LogP contribution in [0.3, 0.4) is 0 Å². The lowest BCUT2D eigenvalue weighted by molar-refractivity contribution is -0.192. The molecule has 38 heavy (non-hydrogen) atoms. The maximum absolute atomic E-state index is 13.3. The smallest absolute Gasteiger partial charge is 0.475 e. The van der Waals surface area contributed by atoms with Crippen molar-refractivity contribution in [1.82, 2.24) is 9.88 Å². The predicted molar refractivity (Wildman–Crippen MR) is 133 cm³/mol. The summed E-state index contributed by atoms with van der Waals surface area (Å²) in [7, 11) is 3.95. The van der Waals surface area contributed by atoms with Crippen LogP contribution in [0.2, 0.25) is 0 Å². The molecule has 2 N–H and O–H groups in total. The minimum atomic E-state index is -5.08. The molecule has 3 rings (SSSR count). The van der Waals surface area contributed by atoms with E-state index in [1.54, 1.807) is 30.5 Å². The fourth-order valence-corrected chi connectivity index (χ4v) is 3.23. The summed E-state index contributed by atoms with van der Waals surface area (Å²) in [6, 6.07) is 15.6. The molecule has 0 unspecified atom stereocenters. The lowest BCUT2D eigenvalue weighted by Crippen LogP contribution is -2.26. The largest absolute Gasteiger partial charge is 0.490 e. The average Bonchev–Trinajstić information content (AvgIpc) is 2.84. The van der Waals surface area contributed by atoms with Gasteiger partial charge in [0.1, 0.15) is 17.5 Å². The molecule has 12 heteroatoms. The highest BCUT2D eigenvalue weighted by Gasteiger charge is 2.38. The van der Waals surface area contributed by atoms with Gasteiger partial charge in [-0.3, -0.25) is 4.79 Å². The van der Waals surface area contributed by atoms with Gasteiger partial charge in [0, 0.05) is 43.7 Å². The van der Waals surface area contributed by atoms with Gasteiger partial charge in [0.05, 0.1) is 0 Å². The molecule has 0 radical (unpaired) electrons. The van der Waals surface area contributed by atoms with E-state index >= 15 is 0 Å². The van der Waals surface area contributed by atoms with Gasteiger partial charge in [0.2, 0.25) is 0 Å². The van der Waals surface area contributed by atoms with Crippen molar-refractivity contribution in [1.29, 1.82) is 0 Å². The Kier molecular flexibility index (Phi) is 11.1. The Hall–Kier alpha value is -4.06. The normalized spacial score (nSPS) is 10.9. The molecule has 0 aliphatic heterocycles. The molecule has 0 atom stereocenters. The topological polar surface area (TPSA) is 85.8 Å². The highest BCUT2D eigenvalue weighted by Crippen LogP contribution is 2.17. The van der Waals surface area contributed by atoms with E-state index in [-0.39, 0.29) is 17.5 Å². The van der Waals surface area contributed by atoms with Crippen molar-refractivity contribution in [2.45, 2.75) is 19.1 Å². The van der Waals surface area contributed by atoms with Gasteiger partial charge in [0.15, 0.2) is 0 Å². The van der Waals surface area contributed by atoms with Crippen LogP contribution in [0.5, 0.6) is 0 Å².